The van der Waals surface area contributed by atoms with E-state index in [0.29, 0.717) is 16.7 Å². The average molecular weight is 319 g/mol. The summed E-state index contributed by atoms with van der Waals surface area (Å²) in [6, 6.07) is 6.45. The van der Waals surface area contributed by atoms with Gasteiger partial charge in [-0.15, -0.1) is 0 Å². The van der Waals surface area contributed by atoms with Gasteiger partial charge in [0.25, 0.3) is 0 Å². The summed E-state index contributed by atoms with van der Waals surface area (Å²) in [7, 11) is 0. The second-order valence-electron chi connectivity index (χ2n) is 4.59. The smallest absolute Gasteiger partial charge is 0.340 e. The van der Waals surface area contributed by atoms with Crippen molar-refractivity contribution in [1.29, 1.82) is 0 Å². The zero-order chi connectivity index (χ0) is 16.8. The third kappa shape index (κ3) is 4.09. The summed E-state index contributed by atoms with van der Waals surface area (Å²) < 4.78 is 14.8. The molecule has 1 heterocycles. The van der Waals surface area contributed by atoms with Crippen LogP contribution in [0.5, 0.6) is 0 Å². The van der Waals surface area contributed by atoms with Crippen molar-refractivity contribution in [2.24, 2.45) is 0 Å². The number of carbonyl (C=O) groups is 2. The van der Waals surface area contributed by atoms with Crippen molar-refractivity contribution in [3.05, 3.63) is 40.8 Å². The van der Waals surface area contributed by atoms with Gasteiger partial charge < -0.3 is 19.2 Å². The first-order chi connectivity index (χ1) is 11.0. The number of ether oxygens (including phenoxy) is 2. The average Bonchev–Trinajstić information content (AvgIpc) is 2.53. The second-order valence-corrected chi connectivity index (χ2v) is 4.59. The van der Waals surface area contributed by atoms with Gasteiger partial charge in [0, 0.05) is 17.1 Å². The molecule has 0 aliphatic carbocycles. The highest BCUT2D eigenvalue weighted by molar-refractivity contribution is 6.02. The number of benzene rings is 1. The van der Waals surface area contributed by atoms with Crippen LogP contribution in [-0.4, -0.2) is 31.2 Å². The molecule has 0 atom stereocenters. The minimum absolute atomic E-state index is 0.152. The summed E-state index contributed by atoms with van der Waals surface area (Å²) in [5.74, 6) is -1.43. The Morgan fingerprint density at radius 3 is 2.35 bits per heavy atom. The Hall–Kier alpha value is -2.83. The van der Waals surface area contributed by atoms with E-state index in [1.165, 1.54) is 6.07 Å². The topological polar surface area (TPSA) is 94.8 Å². The molecule has 0 unspecified atom stereocenters. The molecule has 2 aromatic rings. The van der Waals surface area contributed by atoms with Crippen LogP contribution in [0.1, 0.15) is 13.8 Å². The van der Waals surface area contributed by atoms with E-state index in [1.807, 2.05) is 0 Å². The van der Waals surface area contributed by atoms with Gasteiger partial charge >= 0.3 is 17.6 Å². The molecule has 0 aliphatic rings. The molecule has 7 heteroatoms. The molecule has 0 fully saturated rings. The molecule has 0 bridgehead atoms. The summed E-state index contributed by atoms with van der Waals surface area (Å²) >= 11 is 0. The van der Waals surface area contributed by atoms with Crippen LogP contribution in [0.25, 0.3) is 11.0 Å². The summed E-state index contributed by atoms with van der Waals surface area (Å²) in [6.07, 6.45) is 0. The standard InChI is InChI=1S/C16H17NO6/c1-3-21-15(19)14(16(20)22-4-2)17-11-6-7-12-10(9-11)5-8-13(18)23-12/h5-9,14,17H,3-4H2,1-2H3. The van der Waals surface area contributed by atoms with E-state index in [-0.39, 0.29) is 13.2 Å². The predicted octanol–water partition coefficient (Wildman–Crippen LogP) is 1.70. The number of esters is 2. The van der Waals surface area contributed by atoms with Crippen molar-refractivity contribution in [3.63, 3.8) is 0 Å². The number of hydrogen-bond donors (Lipinski definition) is 1. The fourth-order valence-electron chi connectivity index (χ4n) is 1.99. The van der Waals surface area contributed by atoms with Gasteiger partial charge in [0.15, 0.2) is 0 Å². The highest BCUT2D eigenvalue weighted by Crippen LogP contribution is 2.18. The Morgan fingerprint density at radius 2 is 1.74 bits per heavy atom. The monoisotopic (exact) mass is 319 g/mol. The van der Waals surface area contributed by atoms with Gasteiger partial charge in [0.05, 0.1) is 13.2 Å². The van der Waals surface area contributed by atoms with Crippen molar-refractivity contribution < 1.29 is 23.5 Å². The van der Waals surface area contributed by atoms with Crippen molar-refractivity contribution >= 4 is 28.6 Å². The zero-order valence-electron chi connectivity index (χ0n) is 12.8. The van der Waals surface area contributed by atoms with Crippen LogP contribution < -0.4 is 10.9 Å². The molecule has 1 aromatic carbocycles. The Morgan fingerprint density at radius 1 is 1.09 bits per heavy atom. The van der Waals surface area contributed by atoms with Gasteiger partial charge in [-0.3, -0.25) is 0 Å². The van der Waals surface area contributed by atoms with Gasteiger partial charge in [-0.25, -0.2) is 14.4 Å². The molecule has 0 saturated carbocycles. The lowest BCUT2D eigenvalue weighted by molar-refractivity contribution is -0.155. The molecular weight excluding hydrogens is 302 g/mol. The molecule has 0 spiro atoms. The SMILES string of the molecule is CCOC(=O)C(Nc1ccc2oc(=O)ccc2c1)C(=O)OCC. The molecule has 7 nitrogen and oxygen atoms in total. The number of nitrogens with one attached hydrogen (secondary N) is 1. The van der Waals surface area contributed by atoms with Crippen LogP contribution in [0.15, 0.2) is 39.5 Å². The van der Waals surface area contributed by atoms with Crippen molar-refractivity contribution in [2.45, 2.75) is 19.9 Å². The maximum absolute atomic E-state index is 11.9. The van der Waals surface area contributed by atoms with Crippen molar-refractivity contribution in [2.75, 3.05) is 18.5 Å². The van der Waals surface area contributed by atoms with E-state index in [4.69, 9.17) is 13.9 Å². The van der Waals surface area contributed by atoms with Crippen LogP contribution in [0.4, 0.5) is 5.69 Å². The van der Waals surface area contributed by atoms with Crippen LogP contribution in [0.3, 0.4) is 0 Å². The number of carbonyl (C=O) groups excluding carboxylic acids is 2. The number of hydrogen-bond acceptors (Lipinski definition) is 7. The Bertz CT molecular complexity index is 748. The molecule has 2 rings (SSSR count). The quantitative estimate of drug-likeness (QED) is 0.492. The Kier molecular flexibility index (Phi) is 5.35. The van der Waals surface area contributed by atoms with Gasteiger partial charge in [0.2, 0.25) is 6.04 Å². The zero-order valence-corrected chi connectivity index (χ0v) is 12.8. The molecule has 0 amide bonds. The van der Waals surface area contributed by atoms with Crippen molar-refractivity contribution in [3.8, 4) is 0 Å². The highest BCUT2D eigenvalue weighted by atomic mass is 16.6. The minimum Gasteiger partial charge on any atom is -0.464 e. The van der Waals surface area contributed by atoms with E-state index in [9.17, 15) is 14.4 Å². The first-order valence-corrected chi connectivity index (χ1v) is 7.19. The summed E-state index contributed by atoms with van der Waals surface area (Å²) in [6.45, 7) is 3.61. The van der Waals surface area contributed by atoms with Crippen molar-refractivity contribution in [1.82, 2.24) is 0 Å². The molecule has 1 aromatic heterocycles. The van der Waals surface area contributed by atoms with Crippen LogP contribution >= 0.6 is 0 Å². The molecule has 1 N–H and O–H groups in total. The molecule has 0 saturated heterocycles. The van der Waals surface area contributed by atoms with Crippen LogP contribution in [-0.2, 0) is 19.1 Å². The van der Waals surface area contributed by atoms with E-state index in [0.717, 1.165) is 0 Å². The minimum atomic E-state index is -1.26. The lowest BCUT2D eigenvalue weighted by atomic mass is 10.2. The predicted molar refractivity (Wildman–Crippen MR) is 83.2 cm³/mol. The Balaban J connectivity index is 2.27. The normalized spacial score (nSPS) is 10.6. The first-order valence-electron chi connectivity index (χ1n) is 7.19. The van der Waals surface area contributed by atoms with Crippen LogP contribution in [0.2, 0.25) is 0 Å². The number of fused-ring (bicyclic) bond motifs is 1. The Labute approximate surface area is 132 Å². The third-order valence-electron chi connectivity index (χ3n) is 2.97. The number of anilines is 1. The summed E-state index contributed by atoms with van der Waals surface area (Å²) in [4.78, 5) is 35.0. The lowest BCUT2D eigenvalue weighted by Crippen LogP contribution is -2.40. The maximum Gasteiger partial charge on any atom is 0.340 e. The van der Waals surface area contributed by atoms with Crippen LogP contribution in [0, 0.1) is 0 Å². The summed E-state index contributed by atoms with van der Waals surface area (Å²) in [5, 5.41) is 3.44. The van der Waals surface area contributed by atoms with E-state index in [2.05, 4.69) is 5.32 Å². The van der Waals surface area contributed by atoms with E-state index < -0.39 is 23.6 Å². The molecular formula is C16H17NO6. The first kappa shape index (κ1) is 16.5. The summed E-state index contributed by atoms with van der Waals surface area (Å²) in [5.41, 5.74) is 0.457. The molecule has 0 aliphatic heterocycles. The largest absolute Gasteiger partial charge is 0.464 e. The molecule has 23 heavy (non-hydrogen) atoms. The molecule has 122 valence electrons. The van der Waals surface area contributed by atoms with Gasteiger partial charge in [-0.1, -0.05) is 0 Å². The third-order valence-corrected chi connectivity index (χ3v) is 2.97. The fourth-order valence-corrected chi connectivity index (χ4v) is 1.99. The highest BCUT2D eigenvalue weighted by Gasteiger charge is 2.29. The molecule has 0 radical (unpaired) electrons. The number of rotatable bonds is 6. The second kappa shape index (κ2) is 7.44. The fraction of sp³-hybridized carbons (Fsp3) is 0.312. The maximum atomic E-state index is 11.9. The van der Waals surface area contributed by atoms with E-state index >= 15 is 0 Å². The lowest BCUT2D eigenvalue weighted by Gasteiger charge is -2.17. The van der Waals surface area contributed by atoms with Gasteiger partial charge in [-0.05, 0) is 38.1 Å². The van der Waals surface area contributed by atoms with Gasteiger partial charge in [0.1, 0.15) is 5.58 Å². The van der Waals surface area contributed by atoms with E-state index in [1.54, 1.807) is 38.1 Å². The van der Waals surface area contributed by atoms with Gasteiger partial charge in [-0.2, -0.15) is 0 Å².